The molecular weight excluding hydrogens is 346 g/mol. The van der Waals surface area contributed by atoms with Gasteiger partial charge in [-0.2, -0.15) is 0 Å². The van der Waals surface area contributed by atoms with Crippen LogP contribution in [0.3, 0.4) is 0 Å². The second-order valence-corrected chi connectivity index (χ2v) is 5.73. The first-order chi connectivity index (χ1) is 13.1. The summed E-state index contributed by atoms with van der Waals surface area (Å²) in [6, 6.07) is 14.3. The highest BCUT2D eigenvalue weighted by atomic mass is 16.5. The lowest BCUT2D eigenvalue weighted by Crippen LogP contribution is -2.21. The van der Waals surface area contributed by atoms with E-state index in [4.69, 9.17) is 9.47 Å². The molecule has 0 aromatic heterocycles. The highest BCUT2D eigenvalue weighted by Crippen LogP contribution is 2.16. The summed E-state index contributed by atoms with van der Waals surface area (Å²) >= 11 is 0. The molecule has 0 saturated carbocycles. The summed E-state index contributed by atoms with van der Waals surface area (Å²) in [5, 5.41) is 8.54. The molecule has 2 amide bonds. The van der Waals surface area contributed by atoms with Gasteiger partial charge in [-0.05, 0) is 55.5 Å². The largest absolute Gasteiger partial charge is 0.491 e. The van der Waals surface area contributed by atoms with Gasteiger partial charge in [0.1, 0.15) is 12.4 Å². The van der Waals surface area contributed by atoms with Crippen LogP contribution in [-0.4, -0.2) is 38.2 Å². The molecule has 0 bridgehead atoms. The van der Waals surface area contributed by atoms with Crippen LogP contribution in [0.4, 0.5) is 17.1 Å². The summed E-state index contributed by atoms with van der Waals surface area (Å²) in [5.74, 6) is 0.442. The highest BCUT2D eigenvalue weighted by molar-refractivity contribution is 5.94. The van der Waals surface area contributed by atoms with Gasteiger partial charge in [0.05, 0.1) is 13.2 Å². The molecule has 0 aliphatic heterocycles. The Labute approximate surface area is 159 Å². The van der Waals surface area contributed by atoms with Gasteiger partial charge in [0.2, 0.25) is 11.8 Å². The molecule has 27 heavy (non-hydrogen) atoms. The Hall–Kier alpha value is -3.06. The summed E-state index contributed by atoms with van der Waals surface area (Å²) in [7, 11) is 0. The number of carbonyl (C=O) groups is 2. The number of hydrogen-bond donors (Lipinski definition) is 3. The van der Waals surface area contributed by atoms with E-state index in [0.29, 0.717) is 31.2 Å². The molecule has 0 heterocycles. The lowest BCUT2D eigenvalue weighted by Gasteiger charge is -2.10. The zero-order valence-electron chi connectivity index (χ0n) is 15.6. The minimum Gasteiger partial charge on any atom is -0.491 e. The quantitative estimate of drug-likeness (QED) is 0.559. The van der Waals surface area contributed by atoms with Crippen molar-refractivity contribution in [3.63, 3.8) is 0 Å². The first kappa shape index (κ1) is 20.3. The Bertz CT molecular complexity index is 730. The Balaban J connectivity index is 1.74. The maximum atomic E-state index is 12.0. The van der Waals surface area contributed by atoms with Gasteiger partial charge in [-0.3, -0.25) is 9.59 Å². The molecule has 3 N–H and O–H groups in total. The van der Waals surface area contributed by atoms with Crippen LogP contribution in [0.15, 0.2) is 48.5 Å². The number of rotatable bonds is 10. The predicted molar refractivity (Wildman–Crippen MR) is 106 cm³/mol. The van der Waals surface area contributed by atoms with Crippen LogP contribution in [0.2, 0.25) is 0 Å². The molecule has 0 fully saturated rings. The molecule has 7 heteroatoms. The van der Waals surface area contributed by atoms with Crippen molar-refractivity contribution >= 4 is 28.9 Å². The van der Waals surface area contributed by atoms with Gasteiger partial charge in [-0.1, -0.05) is 0 Å². The number of amides is 2. The zero-order chi connectivity index (χ0) is 19.5. The third-order valence-corrected chi connectivity index (χ3v) is 3.50. The topological polar surface area (TPSA) is 88.7 Å². The lowest BCUT2D eigenvalue weighted by molar-refractivity contribution is -0.115. The number of hydrogen-bond acceptors (Lipinski definition) is 5. The number of ether oxygens (including phenoxy) is 2. The smallest absolute Gasteiger partial charge is 0.243 e. The first-order valence-corrected chi connectivity index (χ1v) is 8.79. The van der Waals surface area contributed by atoms with E-state index in [0.717, 1.165) is 11.4 Å². The molecular formula is C20H25N3O4. The summed E-state index contributed by atoms with van der Waals surface area (Å²) in [6.45, 7) is 5.23. The van der Waals surface area contributed by atoms with Gasteiger partial charge in [0.15, 0.2) is 0 Å². The number of carbonyl (C=O) groups excluding carboxylic acids is 2. The van der Waals surface area contributed by atoms with Crippen LogP contribution in [0.25, 0.3) is 0 Å². The van der Waals surface area contributed by atoms with E-state index < -0.39 is 0 Å². The van der Waals surface area contributed by atoms with Gasteiger partial charge in [-0.15, -0.1) is 0 Å². The molecule has 2 aromatic carbocycles. The van der Waals surface area contributed by atoms with Crippen molar-refractivity contribution in [2.24, 2.45) is 0 Å². The Morgan fingerprint density at radius 1 is 0.852 bits per heavy atom. The average molecular weight is 371 g/mol. The SMILES string of the molecule is CCOCCOc1ccc(NC(=O)CNc2ccc(NC(C)=O)cc2)cc1. The second kappa shape index (κ2) is 10.8. The number of anilines is 3. The highest BCUT2D eigenvalue weighted by Gasteiger charge is 2.03. The average Bonchev–Trinajstić information content (AvgIpc) is 2.65. The molecule has 0 atom stereocenters. The predicted octanol–water partition coefficient (Wildman–Crippen LogP) is 3.11. The molecule has 0 unspecified atom stereocenters. The molecule has 144 valence electrons. The van der Waals surface area contributed by atoms with Crippen molar-refractivity contribution in [3.05, 3.63) is 48.5 Å². The Morgan fingerprint density at radius 3 is 2.07 bits per heavy atom. The third-order valence-electron chi connectivity index (χ3n) is 3.50. The van der Waals surface area contributed by atoms with Crippen molar-refractivity contribution < 1.29 is 19.1 Å². The first-order valence-electron chi connectivity index (χ1n) is 8.79. The summed E-state index contributed by atoms with van der Waals surface area (Å²) in [6.07, 6.45) is 0. The van der Waals surface area contributed by atoms with E-state index >= 15 is 0 Å². The molecule has 7 nitrogen and oxygen atoms in total. The monoisotopic (exact) mass is 371 g/mol. The van der Waals surface area contributed by atoms with E-state index in [1.807, 2.05) is 6.92 Å². The van der Waals surface area contributed by atoms with Crippen molar-refractivity contribution in [3.8, 4) is 5.75 Å². The van der Waals surface area contributed by atoms with E-state index in [2.05, 4.69) is 16.0 Å². The summed E-state index contributed by atoms with van der Waals surface area (Å²) < 4.78 is 10.7. The molecule has 0 saturated heterocycles. The zero-order valence-corrected chi connectivity index (χ0v) is 15.6. The maximum absolute atomic E-state index is 12.0. The molecule has 2 aromatic rings. The summed E-state index contributed by atoms with van der Waals surface area (Å²) in [4.78, 5) is 23.0. The fourth-order valence-electron chi connectivity index (χ4n) is 2.26. The van der Waals surface area contributed by atoms with Crippen LogP contribution in [-0.2, 0) is 14.3 Å². The minimum atomic E-state index is -0.161. The van der Waals surface area contributed by atoms with Crippen molar-refractivity contribution in [2.75, 3.05) is 42.3 Å². The van der Waals surface area contributed by atoms with Gasteiger partial charge < -0.3 is 25.4 Å². The molecule has 0 radical (unpaired) electrons. The van der Waals surface area contributed by atoms with E-state index in [1.54, 1.807) is 48.5 Å². The number of benzene rings is 2. The molecule has 0 aliphatic rings. The van der Waals surface area contributed by atoms with Crippen LogP contribution in [0.1, 0.15) is 13.8 Å². The molecule has 2 rings (SSSR count). The van der Waals surface area contributed by atoms with E-state index in [1.165, 1.54) is 6.92 Å². The van der Waals surface area contributed by atoms with Gasteiger partial charge in [0, 0.05) is 30.6 Å². The Kier molecular flexibility index (Phi) is 8.12. The fourth-order valence-corrected chi connectivity index (χ4v) is 2.26. The lowest BCUT2D eigenvalue weighted by atomic mass is 10.2. The van der Waals surface area contributed by atoms with E-state index in [9.17, 15) is 9.59 Å². The minimum absolute atomic E-state index is 0.124. The normalized spacial score (nSPS) is 10.1. The van der Waals surface area contributed by atoms with Crippen LogP contribution >= 0.6 is 0 Å². The van der Waals surface area contributed by atoms with Crippen molar-refractivity contribution in [2.45, 2.75) is 13.8 Å². The van der Waals surface area contributed by atoms with Crippen molar-refractivity contribution in [1.29, 1.82) is 0 Å². The van der Waals surface area contributed by atoms with Crippen LogP contribution < -0.4 is 20.7 Å². The third kappa shape index (κ3) is 7.79. The van der Waals surface area contributed by atoms with Crippen LogP contribution in [0.5, 0.6) is 5.75 Å². The van der Waals surface area contributed by atoms with Gasteiger partial charge in [0.25, 0.3) is 0 Å². The fraction of sp³-hybridized carbons (Fsp3) is 0.300. The molecule has 0 aliphatic carbocycles. The van der Waals surface area contributed by atoms with E-state index in [-0.39, 0.29) is 18.4 Å². The van der Waals surface area contributed by atoms with Crippen LogP contribution in [0, 0.1) is 0 Å². The summed E-state index contributed by atoms with van der Waals surface area (Å²) in [5.41, 5.74) is 2.19. The number of nitrogens with one attached hydrogen (secondary N) is 3. The van der Waals surface area contributed by atoms with Crippen molar-refractivity contribution in [1.82, 2.24) is 0 Å². The maximum Gasteiger partial charge on any atom is 0.243 e. The second-order valence-electron chi connectivity index (χ2n) is 5.73. The standard InChI is InChI=1S/C20H25N3O4/c1-3-26-12-13-27-19-10-8-18(9-11-19)23-20(25)14-21-16-4-6-17(7-5-16)22-15(2)24/h4-11,21H,3,12-14H2,1-2H3,(H,22,24)(H,23,25). The van der Waals surface area contributed by atoms with Gasteiger partial charge in [-0.25, -0.2) is 0 Å². The van der Waals surface area contributed by atoms with Gasteiger partial charge >= 0.3 is 0 Å². The molecule has 0 spiro atoms. The Morgan fingerprint density at radius 2 is 1.44 bits per heavy atom.